The molecular weight excluding hydrogens is 282 g/mol. The van der Waals surface area contributed by atoms with Crippen molar-refractivity contribution in [2.75, 3.05) is 21.3 Å². The van der Waals surface area contributed by atoms with Crippen LogP contribution in [0.25, 0.3) is 6.08 Å². The number of amides is 1. The quantitative estimate of drug-likeness (QED) is 0.633. The van der Waals surface area contributed by atoms with Crippen LogP contribution in [-0.2, 0) is 4.79 Å². The molecule has 1 amide bonds. The number of hydrogen-bond acceptors (Lipinski definition) is 5. The summed E-state index contributed by atoms with van der Waals surface area (Å²) in [6.07, 6.45) is 1.77. The van der Waals surface area contributed by atoms with Crippen LogP contribution >= 0.6 is 24.0 Å². The first-order chi connectivity index (χ1) is 9.06. The number of methoxy groups -OCH3 is 2. The fraction of sp³-hybridized carbons (Fsp3) is 0.231. The molecule has 1 aromatic rings. The summed E-state index contributed by atoms with van der Waals surface area (Å²) in [6.45, 7) is 0. The topological polar surface area (TPSA) is 38.8 Å². The molecule has 0 N–H and O–H groups in total. The molecule has 0 bridgehead atoms. The Labute approximate surface area is 121 Å². The van der Waals surface area contributed by atoms with Crippen molar-refractivity contribution < 1.29 is 14.3 Å². The van der Waals surface area contributed by atoms with Crippen molar-refractivity contribution in [1.82, 2.24) is 4.90 Å². The number of carbonyl (C=O) groups is 1. The minimum Gasteiger partial charge on any atom is -0.497 e. The lowest BCUT2D eigenvalue weighted by molar-refractivity contribution is -0.121. The van der Waals surface area contributed by atoms with E-state index in [4.69, 9.17) is 21.7 Å². The van der Waals surface area contributed by atoms with Gasteiger partial charge in [0.05, 0.1) is 19.1 Å². The molecule has 6 heteroatoms. The van der Waals surface area contributed by atoms with Crippen LogP contribution in [0.5, 0.6) is 11.5 Å². The lowest BCUT2D eigenvalue weighted by Crippen LogP contribution is -2.22. The Bertz CT molecular complexity index is 569. The first-order valence-corrected chi connectivity index (χ1v) is 6.73. The second-order valence-corrected chi connectivity index (χ2v) is 5.52. The summed E-state index contributed by atoms with van der Waals surface area (Å²) in [5, 5.41) is 0. The standard InChI is InChI=1S/C13H13NO3S2/c1-14-12(15)11(19-13(14)18)7-8-6-9(16-2)4-5-10(8)17-3/h4-7H,1-3H3/b11-7-. The van der Waals surface area contributed by atoms with Crippen molar-refractivity contribution >= 4 is 40.3 Å². The maximum atomic E-state index is 12.0. The van der Waals surface area contributed by atoms with E-state index in [2.05, 4.69) is 0 Å². The largest absolute Gasteiger partial charge is 0.497 e. The van der Waals surface area contributed by atoms with Crippen LogP contribution < -0.4 is 9.47 Å². The summed E-state index contributed by atoms with van der Waals surface area (Å²) in [7, 11) is 4.85. The number of ether oxygens (including phenoxy) is 2. The van der Waals surface area contributed by atoms with E-state index in [1.807, 2.05) is 6.07 Å². The highest BCUT2D eigenvalue weighted by Crippen LogP contribution is 2.34. The van der Waals surface area contributed by atoms with Gasteiger partial charge in [-0.2, -0.15) is 0 Å². The third-order valence-corrected chi connectivity index (χ3v) is 4.19. The molecule has 0 spiro atoms. The SMILES string of the molecule is COc1ccc(OC)c(/C=C2\SC(=S)N(C)C2=O)c1. The van der Waals surface area contributed by atoms with Crippen molar-refractivity contribution in [3.05, 3.63) is 28.7 Å². The molecule has 2 rings (SSSR count). The van der Waals surface area contributed by atoms with Gasteiger partial charge in [-0.25, -0.2) is 0 Å². The fourth-order valence-electron chi connectivity index (χ4n) is 1.64. The predicted molar refractivity (Wildman–Crippen MR) is 80.5 cm³/mol. The summed E-state index contributed by atoms with van der Waals surface area (Å²) >= 11 is 6.38. The van der Waals surface area contributed by atoms with E-state index in [0.717, 1.165) is 5.56 Å². The zero-order chi connectivity index (χ0) is 14.0. The van der Waals surface area contributed by atoms with E-state index < -0.39 is 0 Å². The Morgan fingerprint density at radius 2 is 2.05 bits per heavy atom. The minimum atomic E-state index is -0.0973. The van der Waals surface area contributed by atoms with Crippen LogP contribution in [0.4, 0.5) is 0 Å². The summed E-state index contributed by atoms with van der Waals surface area (Å²) in [4.78, 5) is 14.0. The summed E-state index contributed by atoms with van der Waals surface area (Å²) < 4.78 is 11.0. The average molecular weight is 295 g/mol. The molecule has 19 heavy (non-hydrogen) atoms. The number of nitrogens with zero attached hydrogens (tertiary/aromatic N) is 1. The van der Waals surface area contributed by atoms with Gasteiger partial charge in [0, 0.05) is 12.6 Å². The summed E-state index contributed by atoms with van der Waals surface area (Å²) in [6, 6.07) is 5.43. The van der Waals surface area contributed by atoms with Crippen LogP contribution in [0.15, 0.2) is 23.1 Å². The maximum absolute atomic E-state index is 12.0. The van der Waals surface area contributed by atoms with Gasteiger partial charge in [0.25, 0.3) is 5.91 Å². The lowest BCUT2D eigenvalue weighted by atomic mass is 10.1. The first kappa shape index (κ1) is 13.9. The molecule has 0 radical (unpaired) electrons. The van der Waals surface area contributed by atoms with Crippen molar-refractivity contribution in [3.8, 4) is 11.5 Å². The maximum Gasteiger partial charge on any atom is 0.265 e. The number of thiocarbonyl (C=S) groups is 1. The Morgan fingerprint density at radius 1 is 1.32 bits per heavy atom. The van der Waals surface area contributed by atoms with Crippen LogP contribution in [0.3, 0.4) is 0 Å². The number of likely N-dealkylation sites (N-methyl/N-ethyl adjacent to an activating group) is 1. The minimum absolute atomic E-state index is 0.0973. The van der Waals surface area contributed by atoms with Gasteiger partial charge in [-0.15, -0.1) is 0 Å². The molecule has 0 saturated carbocycles. The van der Waals surface area contributed by atoms with E-state index in [9.17, 15) is 4.79 Å². The average Bonchev–Trinajstić information content (AvgIpc) is 2.66. The van der Waals surface area contributed by atoms with E-state index in [1.165, 1.54) is 16.7 Å². The highest BCUT2D eigenvalue weighted by molar-refractivity contribution is 8.26. The highest BCUT2D eigenvalue weighted by atomic mass is 32.2. The number of hydrogen-bond donors (Lipinski definition) is 0. The highest BCUT2D eigenvalue weighted by Gasteiger charge is 2.28. The van der Waals surface area contributed by atoms with Gasteiger partial charge in [0.15, 0.2) is 0 Å². The molecule has 100 valence electrons. The molecule has 0 unspecified atom stereocenters. The van der Waals surface area contributed by atoms with E-state index in [1.54, 1.807) is 39.5 Å². The Morgan fingerprint density at radius 3 is 2.58 bits per heavy atom. The predicted octanol–water partition coefficient (Wildman–Crippen LogP) is 2.53. The van der Waals surface area contributed by atoms with Crippen LogP contribution in [0.2, 0.25) is 0 Å². The number of rotatable bonds is 3. The third-order valence-electron chi connectivity index (χ3n) is 2.71. The van der Waals surface area contributed by atoms with Gasteiger partial charge in [-0.05, 0) is 24.3 Å². The Hall–Kier alpha value is -1.53. The van der Waals surface area contributed by atoms with Crippen molar-refractivity contribution in [2.24, 2.45) is 0 Å². The van der Waals surface area contributed by atoms with Gasteiger partial charge in [-0.3, -0.25) is 9.69 Å². The van der Waals surface area contributed by atoms with E-state index in [0.29, 0.717) is 20.7 Å². The van der Waals surface area contributed by atoms with E-state index >= 15 is 0 Å². The van der Waals surface area contributed by atoms with Gasteiger partial charge >= 0.3 is 0 Å². The molecule has 1 aliphatic rings. The molecule has 1 aromatic carbocycles. The summed E-state index contributed by atoms with van der Waals surface area (Å²) in [5.41, 5.74) is 0.788. The Kier molecular flexibility index (Phi) is 4.11. The van der Waals surface area contributed by atoms with Crippen LogP contribution in [-0.4, -0.2) is 36.4 Å². The third kappa shape index (κ3) is 2.74. The fourth-order valence-corrected chi connectivity index (χ4v) is 2.81. The van der Waals surface area contributed by atoms with Gasteiger partial charge in [-0.1, -0.05) is 24.0 Å². The normalized spacial score (nSPS) is 17.2. The molecular formula is C13H13NO3S2. The van der Waals surface area contributed by atoms with Crippen LogP contribution in [0.1, 0.15) is 5.56 Å². The van der Waals surface area contributed by atoms with Crippen molar-refractivity contribution in [3.63, 3.8) is 0 Å². The lowest BCUT2D eigenvalue weighted by Gasteiger charge is -2.08. The van der Waals surface area contributed by atoms with Crippen LogP contribution in [0, 0.1) is 0 Å². The molecule has 0 aliphatic carbocycles. The number of benzene rings is 1. The molecule has 1 heterocycles. The van der Waals surface area contributed by atoms with Gasteiger partial charge < -0.3 is 9.47 Å². The molecule has 4 nitrogen and oxygen atoms in total. The van der Waals surface area contributed by atoms with Crippen molar-refractivity contribution in [2.45, 2.75) is 0 Å². The van der Waals surface area contributed by atoms with Crippen molar-refractivity contribution in [1.29, 1.82) is 0 Å². The zero-order valence-electron chi connectivity index (χ0n) is 10.8. The van der Waals surface area contributed by atoms with Gasteiger partial charge in [0.2, 0.25) is 0 Å². The van der Waals surface area contributed by atoms with Gasteiger partial charge in [0.1, 0.15) is 15.8 Å². The second kappa shape index (κ2) is 5.63. The number of thioether (sulfide) groups is 1. The van der Waals surface area contributed by atoms with E-state index in [-0.39, 0.29) is 5.91 Å². The monoisotopic (exact) mass is 295 g/mol. The molecule has 0 atom stereocenters. The first-order valence-electron chi connectivity index (χ1n) is 5.50. The molecule has 0 aromatic heterocycles. The smallest absolute Gasteiger partial charge is 0.265 e. The molecule has 1 aliphatic heterocycles. The zero-order valence-corrected chi connectivity index (χ0v) is 12.4. The molecule has 1 saturated heterocycles. The second-order valence-electron chi connectivity index (χ2n) is 3.85. The summed E-state index contributed by atoms with van der Waals surface area (Å²) in [5.74, 6) is 1.29. The number of carbonyl (C=O) groups excluding carboxylic acids is 1. The molecule has 1 fully saturated rings. The Balaban J connectivity index is 2.42.